The number of aromatic nitrogens is 3. The first-order chi connectivity index (χ1) is 30.4. The summed E-state index contributed by atoms with van der Waals surface area (Å²) in [6.07, 6.45) is 8.23. The molecule has 16 nitrogen and oxygen atoms in total. The van der Waals surface area contributed by atoms with Gasteiger partial charge in [0.2, 0.25) is 23.7 Å². The van der Waals surface area contributed by atoms with E-state index in [1.807, 2.05) is 30.3 Å². The number of imide groups is 2. The third-order valence-electron chi connectivity index (χ3n) is 12.0. The van der Waals surface area contributed by atoms with Gasteiger partial charge in [0.15, 0.2) is 15.5 Å². The molecule has 3 aliphatic rings. The number of piperidine rings is 2. The largest absolute Gasteiger partial charge is 0.385 e. The lowest BCUT2D eigenvalue weighted by Gasteiger charge is -2.31. The highest BCUT2D eigenvalue weighted by Crippen LogP contribution is 2.31. The van der Waals surface area contributed by atoms with Crippen LogP contribution in [0.3, 0.4) is 0 Å². The molecule has 0 radical (unpaired) electrons. The first-order valence-corrected chi connectivity index (χ1v) is 23.4. The van der Waals surface area contributed by atoms with Crippen molar-refractivity contribution in [2.75, 3.05) is 49.6 Å². The van der Waals surface area contributed by atoms with Crippen LogP contribution in [-0.4, -0.2) is 107 Å². The van der Waals surface area contributed by atoms with Crippen molar-refractivity contribution in [3.8, 4) is 11.3 Å². The Morgan fingerprint density at radius 2 is 1.49 bits per heavy atom. The topological polar surface area (TPSA) is 204 Å². The third kappa shape index (κ3) is 10.1. The summed E-state index contributed by atoms with van der Waals surface area (Å²) in [4.78, 5) is 70.7. The predicted molar refractivity (Wildman–Crippen MR) is 237 cm³/mol. The normalized spacial score (nSPS) is 17.2. The molecular weight excluding hydrogens is 823 g/mol. The van der Waals surface area contributed by atoms with Gasteiger partial charge >= 0.3 is 0 Å². The zero-order valence-corrected chi connectivity index (χ0v) is 36.0. The van der Waals surface area contributed by atoms with Crippen molar-refractivity contribution in [3.05, 3.63) is 102 Å². The Morgan fingerprint density at radius 1 is 0.794 bits per heavy atom. The quantitative estimate of drug-likeness (QED) is 0.0695. The molecule has 63 heavy (non-hydrogen) atoms. The highest BCUT2D eigenvalue weighted by atomic mass is 32.2. The highest BCUT2D eigenvalue weighted by molar-refractivity contribution is 7.90. The smallest absolute Gasteiger partial charge is 0.262 e. The second-order valence-corrected chi connectivity index (χ2v) is 18.5. The van der Waals surface area contributed by atoms with Gasteiger partial charge in [-0.3, -0.25) is 39.1 Å². The molecule has 5 amide bonds. The number of amides is 5. The summed E-state index contributed by atoms with van der Waals surface area (Å²) in [7, 11) is -3.29. The monoisotopic (exact) mass is 873 g/mol. The van der Waals surface area contributed by atoms with E-state index in [4.69, 9.17) is 0 Å². The van der Waals surface area contributed by atoms with Gasteiger partial charge in [-0.2, -0.15) is 4.98 Å². The van der Waals surface area contributed by atoms with E-state index in [2.05, 4.69) is 48.4 Å². The minimum absolute atomic E-state index is 0.0559. The fraction of sp³-hybridized carbons (Fsp3) is 0.370. The van der Waals surface area contributed by atoms with Crippen LogP contribution in [0, 0.1) is 0 Å². The SMILES string of the molecule is CS(=O)(=O)c1ccc(-c2cccc3nc(Nc4ccc(C5CCN(CC(=O)NCCCCCCCNc6ccc7c(c6)C(=O)N(C6CCC(=O)NC6=O)C7=O)CC5)cc4)nn23)cc1. The molecular formula is C46H51N9O7S. The average Bonchev–Trinajstić information content (AvgIpc) is 3.79. The van der Waals surface area contributed by atoms with E-state index in [-0.39, 0.29) is 34.8 Å². The van der Waals surface area contributed by atoms with Gasteiger partial charge in [0, 0.05) is 42.7 Å². The molecule has 0 spiro atoms. The minimum atomic E-state index is -3.29. The number of anilines is 3. The molecule has 0 bridgehead atoms. The molecule has 5 aromatic rings. The van der Waals surface area contributed by atoms with Crippen LogP contribution >= 0.6 is 0 Å². The number of hydrogen-bond acceptors (Lipinski definition) is 12. The summed E-state index contributed by atoms with van der Waals surface area (Å²) in [5.74, 6) is -1.13. The lowest BCUT2D eigenvalue weighted by molar-refractivity contribution is -0.136. The Labute approximate surface area is 365 Å². The number of sulfone groups is 1. The van der Waals surface area contributed by atoms with Crippen molar-refractivity contribution >= 4 is 62.3 Å². The van der Waals surface area contributed by atoms with Crippen molar-refractivity contribution < 1.29 is 32.4 Å². The molecule has 2 aromatic heterocycles. The lowest BCUT2D eigenvalue weighted by atomic mass is 9.89. The number of hydrogen-bond donors (Lipinski definition) is 4. The number of pyridine rings is 1. The van der Waals surface area contributed by atoms with Crippen molar-refractivity contribution in [3.63, 3.8) is 0 Å². The zero-order valence-electron chi connectivity index (χ0n) is 35.1. The summed E-state index contributed by atoms with van der Waals surface area (Å²) in [5, 5.41) is 16.6. The molecule has 17 heteroatoms. The maximum absolute atomic E-state index is 13.1. The Balaban J connectivity index is 0.694. The van der Waals surface area contributed by atoms with Gasteiger partial charge in [-0.05, 0) is 111 Å². The summed E-state index contributed by atoms with van der Waals surface area (Å²) >= 11 is 0. The molecule has 3 aromatic carbocycles. The Morgan fingerprint density at radius 3 is 2.22 bits per heavy atom. The summed E-state index contributed by atoms with van der Waals surface area (Å²) in [5.41, 5.74) is 5.67. The third-order valence-corrected chi connectivity index (χ3v) is 13.1. The first-order valence-electron chi connectivity index (χ1n) is 21.5. The van der Waals surface area contributed by atoms with Crippen LogP contribution in [0.1, 0.15) is 90.0 Å². The fourth-order valence-corrected chi connectivity index (χ4v) is 9.15. The van der Waals surface area contributed by atoms with Crippen LogP contribution < -0.4 is 21.3 Å². The van der Waals surface area contributed by atoms with E-state index < -0.39 is 39.5 Å². The second-order valence-electron chi connectivity index (χ2n) is 16.5. The molecule has 328 valence electrons. The number of benzene rings is 3. The molecule has 1 unspecified atom stereocenters. The molecule has 1 atom stereocenters. The van der Waals surface area contributed by atoms with Crippen molar-refractivity contribution in [2.24, 2.45) is 0 Å². The van der Waals surface area contributed by atoms with E-state index in [0.717, 1.165) is 85.6 Å². The lowest BCUT2D eigenvalue weighted by Crippen LogP contribution is -2.54. The number of likely N-dealkylation sites (tertiary alicyclic amines) is 1. The van der Waals surface area contributed by atoms with Crippen LogP contribution in [0.5, 0.6) is 0 Å². The molecule has 8 rings (SSSR count). The van der Waals surface area contributed by atoms with Gasteiger partial charge in [-0.1, -0.05) is 49.6 Å². The number of fused-ring (bicyclic) bond motifs is 2. The number of carbonyl (C=O) groups excluding carboxylic acids is 5. The van der Waals surface area contributed by atoms with Crippen molar-refractivity contribution in [1.29, 1.82) is 0 Å². The van der Waals surface area contributed by atoms with Gasteiger partial charge in [0.25, 0.3) is 11.8 Å². The molecule has 4 N–H and O–H groups in total. The molecule has 0 saturated carbocycles. The maximum atomic E-state index is 13.1. The molecule has 0 aliphatic carbocycles. The van der Waals surface area contributed by atoms with Crippen LogP contribution in [0.2, 0.25) is 0 Å². The van der Waals surface area contributed by atoms with Crippen LogP contribution in [-0.2, 0) is 24.2 Å². The van der Waals surface area contributed by atoms with E-state index in [1.54, 1.807) is 47.0 Å². The number of carbonyl (C=O) groups is 5. The van der Waals surface area contributed by atoms with E-state index in [0.29, 0.717) is 37.1 Å². The zero-order chi connectivity index (χ0) is 44.1. The molecule has 3 aliphatic heterocycles. The predicted octanol–water partition coefficient (Wildman–Crippen LogP) is 5.30. The number of nitrogens with one attached hydrogen (secondary N) is 4. The highest BCUT2D eigenvalue weighted by Gasteiger charge is 2.44. The van der Waals surface area contributed by atoms with E-state index in [1.165, 1.54) is 11.8 Å². The van der Waals surface area contributed by atoms with Crippen molar-refractivity contribution in [2.45, 2.75) is 74.6 Å². The average molecular weight is 874 g/mol. The van der Waals surface area contributed by atoms with Gasteiger partial charge in [-0.15, -0.1) is 5.10 Å². The molecule has 2 fully saturated rings. The Hall–Kier alpha value is -6.46. The molecule has 5 heterocycles. The van der Waals surface area contributed by atoms with Crippen LogP contribution in [0.15, 0.2) is 89.8 Å². The van der Waals surface area contributed by atoms with Gasteiger partial charge in [0.1, 0.15) is 6.04 Å². The van der Waals surface area contributed by atoms with Crippen LogP contribution in [0.25, 0.3) is 16.9 Å². The first kappa shape index (κ1) is 43.2. The summed E-state index contributed by atoms with van der Waals surface area (Å²) in [6, 6.07) is 24.8. The van der Waals surface area contributed by atoms with Crippen molar-refractivity contribution in [1.82, 2.24) is 35.0 Å². The van der Waals surface area contributed by atoms with Gasteiger partial charge in [0.05, 0.1) is 28.3 Å². The standard InChI is InChI=1S/C46H51N9O7S/c1-63(61,62)35-17-12-32(13-18-35)38-8-7-9-40-50-46(52-55(38)40)49-33-14-10-30(11-15-33)31-22-26-53(27-23-31)29-42(57)48-25-6-4-2-3-5-24-47-34-16-19-36-37(28-34)45(60)54(44(36)59)39-20-21-41(56)51-43(39)58/h7-19,28,31,39,47H,2-6,20-27,29H2,1H3,(H,48,57)(H,49,52)(H,51,56,58). The second kappa shape index (κ2) is 18.9. The number of nitrogens with zero attached hydrogens (tertiary/aromatic N) is 5. The Kier molecular flexibility index (Phi) is 12.9. The minimum Gasteiger partial charge on any atom is -0.385 e. The van der Waals surface area contributed by atoms with E-state index in [9.17, 15) is 32.4 Å². The number of unbranched alkanes of at least 4 members (excludes halogenated alkanes) is 4. The van der Waals surface area contributed by atoms with E-state index >= 15 is 0 Å². The Bertz CT molecular complexity index is 2640. The summed E-state index contributed by atoms with van der Waals surface area (Å²) in [6.45, 7) is 3.47. The number of rotatable bonds is 17. The summed E-state index contributed by atoms with van der Waals surface area (Å²) < 4.78 is 25.6. The van der Waals surface area contributed by atoms with Gasteiger partial charge < -0.3 is 16.0 Å². The van der Waals surface area contributed by atoms with Gasteiger partial charge in [-0.25, -0.2) is 12.9 Å². The fourth-order valence-electron chi connectivity index (χ4n) is 8.52. The van der Waals surface area contributed by atoms with Crippen LogP contribution in [0.4, 0.5) is 17.3 Å². The maximum Gasteiger partial charge on any atom is 0.262 e. The molecule has 2 saturated heterocycles.